The summed E-state index contributed by atoms with van der Waals surface area (Å²) < 4.78 is 0. The van der Waals surface area contributed by atoms with Crippen LogP contribution in [-0.2, 0) is 0 Å². The summed E-state index contributed by atoms with van der Waals surface area (Å²) in [6, 6.07) is 0. The van der Waals surface area contributed by atoms with E-state index in [0.717, 1.165) is 35.5 Å². The molecule has 0 amide bonds. The molecule has 2 aliphatic rings. The Morgan fingerprint density at radius 2 is 1.24 bits per heavy atom. The molecule has 0 heterocycles. The van der Waals surface area contributed by atoms with Crippen LogP contribution < -0.4 is 0 Å². The van der Waals surface area contributed by atoms with E-state index in [2.05, 4.69) is 27.7 Å². The molecule has 0 aromatic rings. The highest BCUT2D eigenvalue weighted by Crippen LogP contribution is 2.48. The average Bonchev–Trinajstić information content (AvgIpc) is 2.61. The molecule has 0 heteroatoms. The normalized spacial score (nSPS) is 46.2. The van der Waals surface area contributed by atoms with Gasteiger partial charge in [0.15, 0.2) is 0 Å². The highest BCUT2D eigenvalue weighted by molar-refractivity contribution is 4.89. The zero-order valence-electron chi connectivity index (χ0n) is 13.0. The molecule has 2 aliphatic carbocycles. The van der Waals surface area contributed by atoms with Crippen LogP contribution in [0.5, 0.6) is 0 Å². The highest BCUT2D eigenvalue weighted by atomic mass is 14.4. The summed E-state index contributed by atoms with van der Waals surface area (Å²) in [7, 11) is 0. The van der Waals surface area contributed by atoms with Crippen LogP contribution in [0.1, 0.15) is 73.6 Å². The Morgan fingerprint density at radius 3 is 1.65 bits per heavy atom. The molecule has 0 aromatic heterocycles. The van der Waals surface area contributed by atoms with Crippen LogP contribution in [0, 0.1) is 35.5 Å². The number of hydrogen-bond acceptors (Lipinski definition) is 0. The van der Waals surface area contributed by atoms with Crippen molar-refractivity contribution in [3.8, 4) is 0 Å². The molecule has 0 bridgehead atoms. The van der Waals surface area contributed by atoms with E-state index in [1.54, 1.807) is 0 Å². The van der Waals surface area contributed by atoms with Gasteiger partial charge in [-0.25, -0.2) is 0 Å². The lowest BCUT2D eigenvalue weighted by Gasteiger charge is -2.33. The smallest absolute Gasteiger partial charge is 0.0355 e. The van der Waals surface area contributed by atoms with Crippen molar-refractivity contribution in [1.82, 2.24) is 0 Å². The summed E-state index contributed by atoms with van der Waals surface area (Å²) in [5, 5.41) is 0. The van der Waals surface area contributed by atoms with Crippen molar-refractivity contribution in [2.24, 2.45) is 35.5 Å². The Kier molecular flexibility index (Phi) is 6.03. The van der Waals surface area contributed by atoms with Gasteiger partial charge in [-0.1, -0.05) is 54.4 Å². The second-order valence-corrected chi connectivity index (χ2v) is 6.62. The molecule has 17 heavy (non-hydrogen) atoms. The van der Waals surface area contributed by atoms with Gasteiger partial charge >= 0.3 is 0 Å². The van der Waals surface area contributed by atoms with Gasteiger partial charge in [-0.15, -0.1) is 0 Å². The summed E-state index contributed by atoms with van der Waals surface area (Å²) in [5.41, 5.74) is 0. The minimum atomic E-state index is 0.967. The van der Waals surface area contributed by atoms with E-state index in [1.807, 2.05) is 13.8 Å². The van der Waals surface area contributed by atoms with Crippen LogP contribution in [-0.4, -0.2) is 0 Å². The molecular formula is C17H34. The molecule has 102 valence electrons. The Morgan fingerprint density at radius 1 is 0.706 bits per heavy atom. The minimum Gasteiger partial charge on any atom is -0.0683 e. The third kappa shape index (κ3) is 3.48. The van der Waals surface area contributed by atoms with Crippen molar-refractivity contribution in [1.29, 1.82) is 0 Å². The monoisotopic (exact) mass is 238 g/mol. The molecule has 0 spiro atoms. The molecule has 4 atom stereocenters. The minimum absolute atomic E-state index is 0.967. The molecule has 0 N–H and O–H groups in total. The van der Waals surface area contributed by atoms with E-state index in [0.29, 0.717) is 0 Å². The van der Waals surface area contributed by atoms with Crippen molar-refractivity contribution in [3.63, 3.8) is 0 Å². The van der Waals surface area contributed by atoms with E-state index < -0.39 is 0 Å². The van der Waals surface area contributed by atoms with Gasteiger partial charge in [-0.3, -0.25) is 0 Å². The largest absolute Gasteiger partial charge is 0.0683 e. The molecule has 2 fully saturated rings. The lowest BCUT2D eigenvalue weighted by molar-refractivity contribution is 0.173. The van der Waals surface area contributed by atoms with Gasteiger partial charge in [0.05, 0.1) is 0 Å². The fourth-order valence-electron chi connectivity index (χ4n) is 4.10. The second kappa shape index (κ2) is 6.81. The van der Waals surface area contributed by atoms with Crippen LogP contribution in [0.3, 0.4) is 0 Å². The lowest BCUT2D eigenvalue weighted by Crippen LogP contribution is -2.23. The summed E-state index contributed by atoms with van der Waals surface area (Å²) in [4.78, 5) is 0. The first kappa shape index (κ1) is 15.1. The van der Waals surface area contributed by atoms with Gasteiger partial charge in [-0.2, -0.15) is 0 Å². The van der Waals surface area contributed by atoms with Crippen molar-refractivity contribution in [3.05, 3.63) is 0 Å². The summed E-state index contributed by atoms with van der Waals surface area (Å²) >= 11 is 0. The topological polar surface area (TPSA) is 0 Å². The lowest BCUT2D eigenvalue weighted by atomic mass is 9.72. The standard InChI is InChI=1S/C15H28.C2H6/c1-10-5-7-14(8-6-10)15-9-11(2)12(3)13(15)4;1-2/h10-15H,5-9H2,1-4H3;1-2H3. The number of hydrogen-bond donors (Lipinski definition) is 0. The SMILES string of the molecule is CC.CC1CCC(C2CC(C)C(C)C2C)CC1. The van der Waals surface area contributed by atoms with Crippen molar-refractivity contribution < 1.29 is 0 Å². The van der Waals surface area contributed by atoms with Gasteiger partial charge in [0.1, 0.15) is 0 Å². The third-order valence-electron chi connectivity index (χ3n) is 5.71. The van der Waals surface area contributed by atoms with Crippen LogP contribution in [0.15, 0.2) is 0 Å². The predicted octanol–water partition coefficient (Wildman–Crippen LogP) is 5.77. The maximum atomic E-state index is 2.51. The molecule has 0 aliphatic heterocycles. The fraction of sp³-hybridized carbons (Fsp3) is 1.00. The molecule has 0 nitrogen and oxygen atoms in total. The zero-order chi connectivity index (χ0) is 13.0. The average molecular weight is 238 g/mol. The van der Waals surface area contributed by atoms with Gasteiger partial charge in [-0.05, 0) is 54.8 Å². The van der Waals surface area contributed by atoms with Gasteiger partial charge in [0.2, 0.25) is 0 Å². The predicted molar refractivity (Wildman–Crippen MR) is 78.1 cm³/mol. The number of rotatable bonds is 1. The quantitative estimate of drug-likeness (QED) is 0.544. The Labute approximate surface area is 110 Å². The summed E-state index contributed by atoms with van der Waals surface area (Å²) in [6.07, 6.45) is 7.56. The molecule has 4 unspecified atom stereocenters. The van der Waals surface area contributed by atoms with E-state index in [1.165, 1.54) is 32.1 Å². The van der Waals surface area contributed by atoms with Crippen molar-refractivity contribution in [2.75, 3.05) is 0 Å². The summed E-state index contributed by atoms with van der Waals surface area (Å²) in [6.45, 7) is 13.9. The van der Waals surface area contributed by atoms with Crippen LogP contribution in [0.2, 0.25) is 0 Å². The molecular weight excluding hydrogens is 204 g/mol. The maximum absolute atomic E-state index is 2.51. The van der Waals surface area contributed by atoms with E-state index in [9.17, 15) is 0 Å². The Balaban J connectivity index is 0.000000686. The molecule has 0 aromatic carbocycles. The van der Waals surface area contributed by atoms with Crippen LogP contribution >= 0.6 is 0 Å². The summed E-state index contributed by atoms with van der Waals surface area (Å²) in [5.74, 6) is 6.07. The first-order valence-corrected chi connectivity index (χ1v) is 8.09. The Bertz CT molecular complexity index is 200. The van der Waals surface area contributed by atoms with Gasteiger partial charge in [0, 0.05) is 0 Å². The highest BCUT2D eigenvalue weighted by Gasteiger charge is 2.40. The van der Waals surface area contributed by atoms with Gasteiger partial charge < -0.3 is 0 Å². The van der Waals surface area contributed by atoms with Gasteiger partial charge in [0.25, 0.3) is 0 Å². The Hall–Kier alpha value is 0. The maximum Gasteiger partial charge on any atom is -0.0355 e. The first-order valence-electron chi connectivity index (χ1n) is 8.09. The zero-order valence-corrected chi connectivity index (χ0v) is 13.0. The van der Waals surface area contributed by atoms with E-state index in [4.69, 9.17) is 0 Å². The van der Waals surface area contributed by atoms with Crippen molar-refractivity contribution in [2.45, 2.75) is 73.6 Å². The molecule has 2 saturated carbocycles. The third-order valence-corrected chi connectivity index (χ3v) is 5.71. The molecule has 2 rings (SSSR count). The fourth-order valence-corrected chi connectivity index (χ4v) is 4.10. The van der Waals surface area contributed by atoms with Crippen LogP contribution in [0.4, 0.5) is 0 Å². The molecule has 0 saturated heterocycles. The molecule has 0 radical (unpaired) electrons. The first-order chi connectivity index (χ1) is 8.09. The van der Waals surface area contributed by atoms with E-state index in [-0.39, 0.29) is 0 Å². The van der Waals surface area contributed by atoms with E-state index >= 15 is 0 Å². The van der Waals surface area contributed by atoms with Crippen LogP contribution in [0.25, 0.3) is 0 Å². The van der Waals surface area contributed by atoms with Crippen molar-refractivity contribution >= 4 is 0 Å². The second-order valence-electron chi connectivity index (χ2n) is 6.62.